The number of nitrogen functional groups attached to an aromatic ring is 1. The van der Waals surface area contributed by atoms with Gasteiger partial charge in [-0.2, -0.15) is 0 Å². The highest BCUT2D eigenvalue weighted by Gasteiger charge is 2.00. The van der Waals surface area contributed by atoms with Gasteiger partial charge < -0.3 is 15.6 Å². The molecule has 1 aromatic carbocycles. The van der Waals surface area contributed by atoms with Gasteiger partial charge in [0.05, 0.1) is 0 Å². The van der Waals surface area contributed by atoms with Gasteiger partial charge in [-0.15, -0.1) is 0 Å². The number of rotatable bonds is 4. The first-order valence-corrected chi connectivity index (χ1v) is 5.73. The van der Waals surface area contributed by atoms with E-state index in [9.17, 15) is 0 Å². The Morgan fingerprint density at radius 2 is 2.24 bits per heavy atom. The smallest absolute Gasteiger partial charge is 0.110 e. The number of aromatic nitrogens is 2. The molecule has 17 heavy (non-hydrogen) atoms. The van der Waals surface area contributed by atoms with Crippen LogP contribution < -0.4 is 11.1 Å². The summed E-state index contributed by atoms with van der Waals surface area (Å²) in [7, 11) is 2.01. The number of imidazole rings is 1. The maximum absolute atomic E-state index is 5.71. The van der Waals surface area contributed by atoms with Crippen LogP contribution in [0.1, 0.15) is 11.4 Å². The lowest BCUT2D eigenvalue weighted by molar-refractivity contribution is 0.789. The van der Waals surface area contributed by atoms with Gasteiger partial charge in [0.15, 0.2) is 0 Å². The van der Waals surface area contributed by atoms with Crippen molar-refractivity contribution in [2.75, 3.05) is 17.6 Å². The van der Waals surface area contributed by atoms with E-state index in [4.69, 9.17) is 5.73 Å². The van der Waals surface area contributed by atoms with Gasteiger partial charge in [-0.25, -0.2) is 4.98 Å². The van der Waals surface area contributed by atoms with Gasteiger partial charge in [0.1, 0.15) is 5.82 Å². The Morgan fingerprint density at radius 3 is 2.88 bits per heavy atom. The van der Waals surface area contributed by atoms with Gasteiger partial charge in [-0.3, -0.25) is 0 Å². The van der Waals surface area contributed by atoms with Gasteiger partial charge in [0.25, 0.3) is 0 Å². The molecule has 0 radical (unpaired) electrons. The monoisotopic (exact) mass is 230 g/mol. The van der Waals surface area contributed by atoms with Crippen molar-refractivity contribution < 1.29 is 0 Å². The molecular weight excluding hydrogens is 212 g/mol. The number of aryl methyl sites for hydroxylation is 2. The summed E-state index contributed by atoms with van der Waals surface area (Å²) < 4.78 is 2.04. The number of nitrogens with two attached hydrogens (primary N) is 1. The summed E-state index contributed by atoms with van der Waals surface area (Å²) in [4.78, 5) is 4.29. The van der Waals surface area contributed by atoms with Crippen LogP contribution in [0.15, 0.2) is 30.6 Å². The molecule has 0 unspecified atom stereocenters. The van der Waals surface area contributed by atoms with Crippen LogP contribution in [0.25, 0.3) is 0 Å². The third-order valence-electron chi connectivity index (χ3n) is 2.84. The molecular formula is C13H18N4. The summed E-state index contributed by atoms with van der Waals surface area (Å²) in [5.41, 5.74) is 8.82. The van der Waals surface area contributed by atoms with E-state index in [1.54, 1.807) is 0 Å². The Balaban J connectivity index is 1.92. The van der Waals surface area contributed by atoms with Crippen LogP contribution in [-0.2, 0) is 13.5 Å². The lowest BCUT2D eigenvalue weighted by atomic mass is 10.2. The van der Waals surface area contributed by atoms with Crippen LogP contribution in [0.2, 0.25) is 0 Å². The second kappa shape index (κ2) is 4.91. The van der Waals surface area contributed by atoms with Gasteiger partial charge in [0, 0.05) is 43.8 Å². The summed E-state index contributed by atoms with van der Waals surface area (Å²) >= 11 is 0. The molecule has 0 saturated carbocycles. The minimum atomic E-state index is 0.803. The molecule has 0 spiro atoms. The second-order valence-corrected chi connectivity index (χ2v) is 4.21. The number of nitrogens with one attached hydrogen (secondary N) is 1. The normalized spacial score (nSPS) is 10.5. The molecule has 90 valence electrons. The summed E-state index contributed by atoms with van der Waals surface area (Å²) in [5, 5.41) is 3.40. The zero-order valence-corrected chi connectivity index (χ0v) is 10.3. The minimum absolute atomic E-state index is 0.803. The molecule has 4 heteroatoms. The van der Waals surface area contributed by atoms with Crippen LogP contribution in [0, 0.1) is 6.92 Å². The molecule has 1 aromatic heterocycles. The molecule has 0 bridgehead atoms. The highest BCUT2D eigenvalue weighted by atomic mass is 15.0. The predicted octanol–water partition coefficient (Wildman–Crippen LogP) is 1.97. The third-order valence-corrected chi connectivity index (χ3v) is 2.84. The van der Waals surface area contributed by atoms with Crippen LogP contribution in [0.3, 0.4) is 0 Å². The van der Waals surface area contributed by atoms with Crippen molar-refractivity contribution >= 4 is 11.4 Å². The summed E-state index contributed by atoms with van der Waals surface area (Å²) in [6.45, 7) is 2.93. The van der Waals surface area contributed by atoms with E-state index >= 15 is 0 Å². The molecule has 0 saturated heterocycles. The molecule has 2 aromatic rings. The summed E-state index contributed by atoms with van der Waals surface area (Å²) in [6, 6.07) is 5.91. The van der Waals surface area contributed by atoms with Gasteiger partial charge >= 0.3 is 0 Å². The molecule has 0 aliphatic heterocycles. The topological polar surface area (TPSA) is 55.9 Å². The van der Waals surface area contributed by atoms with E-state index in [1.807, 2.05) is 42.2 Å². The largest absolute Gasteiger partial charge is 0.399 e. The molecule has 0 aliphatic carbocycles. The molecule has 0 aliphatic rings. The van der Waals surface area contributed by atoms with E-state index in [0.717, 1.165) is 30.2 Å². The van der Waals surface area contributed by atoms with Crippen molar-refractivity contribution in [2.45, 2.75) is 13.3 Å². The van der Waals surface area contributed by atoms with Crippen LogP contribution in [0.5, 0.6) is 0 Å². The average molecular weight is 230 g/mol. The Hall–Kier alpha value is -1.97. The maximum Gasteiger partial charge on any atom is 0.110 e. The van der Waals surface area contributed by atoms with Gasteiger partial charge in [-0.1, -0.05) is 0 Å². The van der Waals surface area contributed by atoms with Crippen molar-refractivity contribution in [3.8, 4) is 0 Å². The Morgan fingerprint density at radius 1 is 1.41 bits per heavy atom. The van der Waals surface area contributed by atoms with E-state index in [-0.39, 0.29) is 0 Å². The quantitative estimate of drug-likeness (QED) is 0.789. The molecule has 4 nitrogen and oxygen atoms in total. The highest BCUT2D eigenvalue weighted by molar-refractivity contribution is 5.57. The van der Waals surface area contributed by atoms with E-state index < -0.39 is 0 Å². The van der Waals surface area contributed by atoms with Crippen LogP contribution in [0.4, 0.5) is 11.4 Å². The molecule has 1 heterocycles. The maximum atomic E-state index is 5.71. The number of benzene rings is 1. The zero-order valence-electron chi connectivity index (χ0n) is 10.3. The number of hydrogen-bond donors (Lipinski definition) is 2. The van der Waals surface area contributed by atoms with Crippen molar-refractivity contribution in [1.82, 2.24) is 9.55 Å². The fraction of sp³-hybridized carbons (Fsp3) is 0.308. The molecule has 0 amide bonds. The SMILES string of the molecule is Cc1cc(N)ccc1NCCc1nccn1C. The zero-order chi connectivity index (χ0) is 12.3. The molecule has 0 atom stereocenters. The van der Waals surface area contributed by atoms with E-state index in [2.05, 4.69) is 17.2 Å². The highest BCUT2D eigenvalue weighted by Crippen LogP contribution is 2.17. The number of hydrogen-bond acceptors (Lipinski definition) is 3. The third kappa shape index (κ3) is 2.78. The predicted molar refractivity (Wildman–Crippen MR) is 71.0 cm³/mol. The van der Waals surface area contributed by atoms with Crippen molar-refractivity contribution in [1.29, 1.82) is 0 Å². The second-order valence-electron chi connectivity index (χ2n) is 4.21. The van der Waals surface area contributed by atoms with Gasteiger partial charge in [-0.05, 0) is 30.7 Å². The molecule has 3 N–H and O–H groups in total. The minimum Gasteiger partial charge on any atom is -0.399 e. The fourth-order valence-electron chi connectivity index (χ4n) is 1.83. The van der Waals surface area contributed by atoms with Crippen LogP contribution >= 0.6 is 0 Å². The average Bonchev–Trinajstić information content (AvgIpc) is 2.68. The van der Waals surface area contributed by atoms with E-state index in [0.29, 0.717) is 0 Å². The molecule has 0 fully saturated rings. The first-order chi connectivity index (χ1) is 8.16. The number of anilines is 2. The first-order valence-electron chi connectivity index (χ1n) is 5.73. The Bertz CT molecular complexity index is 502. The van der Waals surface area contributed by atoms with Crippen molar-refractivity contribution in [2.24, 2.45) is 7.05 Å². The summed E-state index contributed by atoms with van der Waals surface area (Å²) in [5.74, 6) is 1.09. The van der Waals surface area contributed by atoms with Crippen molar-refractivity contribution in [3.63, 3.8) is 0 Å². The Labute approximate surface area is 101 Å². The standard InChI is InChI=1S/C13H18N4/c1-10-9-11(14)3-4-12(10)15-6-5-13-16-7-8-17(13)2/h3-4,7-9,15H,5-6,14H2,1-2H3. The summed E-state index contributed by atoms with van der Waals surface area (Å²) in [6.07, 6.45) is 4.70. The molecule has 2 rings (SSSR count). The Kier molecular flexibility index (Phi) is 3.32. The van der Waals surface area contributed by atoms with E-state index in [1.165, 1.54) is 5.56 Å². The lowest BCUT2D eigenvalue weighted by Gasteiger charge is -2.10. The van der Waals surface area contributed by atoms with Gasteiger partial charge in [0.2, 0.25) is 0 Å². The number of nitrogens with zero attached hydrogens (tertiary/aromatic N) is 2. The first kappa shape index (κ1) is 11.5. The lowest BCUT2D eigenvalue weighted by Crippen LogP contribution is -2.09. The fourth-order valence-corrected chi connectivity index (χ4v) is 1.83. The van der Waals surface area contributed by atoms with Crippen LogP contribution in [-0.4, -0.2) is 16.1 Å². The van der Waals surface area contributed by atoms with Crippen molar-refractivity contribution in [3.05, 3.63) is 42.0 Å².